The van der Waals surface area contributed by atoms with Crippen LogP contribution in [0, 0.1) is 0 Å². The third-order valence-corrected chi connectivity index (χ3v) is 3.17. The lowest BCUT2D eigenvalue weighted by molar-refractivity contribution is 0.0684. The summed E-state index contributed by atoms with van der Waals surface area (Å²) in [5, 5.41) is 9.05. The molecule has 0 aliphatic carbocycles. The summed E-state index contributed by atoms with van der Waals surface area (Å²) < 4.78 is 7.29. The normalized spacial score (nSPS) is 10.5. The first-order valence-corrected chi connectivity index (χ1v) is 6.65. The molecule has 0 unspecified atom stereocenters. The minimum absolute atomic E-state index is 0.187. The molecule has 1 N–H and O–H groups in total. The molecule has 1 aromatic heterocycles. The largest absolute Gasteiger partial charge is 0.486 e. The van der Waals surface area contributed by atoms with Gasteiger partial charge in [-0.05, 0) is 31.0 Å². The maximum absolute atomic E-state index is 11.0. The number of carboxylic acids is 1. The van der Waals surface area contributed by atoms with Crippen molar-refractivity contribution in [1.29, 1.82) is 0 Å². The Morgan fingerprint density at radius 3 is 2.55 bits per heavy atom. The van der Waals surface area contributed by atoms with E-state index in [1.807, 2.05) is 31.2 Å². The van der Waals surface area contributed by atoms with Crippen LogP contribution in [-0.2, 0) is 19.6 Å². The molecule has 5 nitrogen and oxygen atoms in total. The summed E-state index contributed by atoms with van der Waals surface area (Å²) in [6.45, 7) is 4.79. The Labute approximate surface area is 117 Å². The minimum atomic E-state index is -0.974. The Morgan fingerprint density at radius 2 is 2.00 bits per heavy atom. The van der Waals surface area contributed by atoms with E-state index < -0.39 is 5.97 Å². The van der Waals surface area contributed by atoms with Gasteiger partial charge in [-0.25, -0.2) is 9.78 Å². The quantitative estimate of drug-likeness (QED) is 0.879. The van der Waals surface area contributed by atoms with Gasteiger partial charge < -0.3 is 14.4 Å². The fourth-order valence-electron chi connectivity index (χ4n) is 2.02. The first kappa shape index (κ1) is 14.1. The molecule has 0 saturated heterocycles. The van der Waals surface area contributed by atoms with E-state index in [-0.39, 0.29) is 12.3 Å². The molecule has 1 heterocycles. The molecule has 0 aliphatic heterocycles. The van der Waals surface area contributed by atoms with Crippen molar-refractivity contribution in [2.24, 2.45) is 0 Å². The summed E-state index contributed by atoms with van der Waals surface area (Å²) in [7, 11) is 0. The lowest BCUT2D eigenvalue weighted by Gasteiger charge is -2.09. The van der Waals surface area contributed by atoms with E-state index in [2.05, 4.69) is 11.9 Å². The summed E-state index contributed by atoms with van der Waals surface area (Å²) in [5.41, 5.74) is 1.44. The summed E-state index contributed by atoms with van der Waals surface area (Å²) in [4.78, 5) is 15.2. The van der Waals surface area contributed by atoms with Crippen LogP contribution in [0.5, 0.6) is 5.75 Å². The number of aryl methyl sites for hydroxylation is 1. The van der Waals surface area contributed by atoms with E-state index in [4.69, 9.17) is 9.84 Å². The van der Waals surface area contributed by atoms with Crippen molar-refractivity contribution in [1.82, 2.24) is 9.55 Å². The molecule has 0 radical (unpaired) electrons. The Hall–Kier alpha value is -2.30. The lowest BCUT2D eigenvalue weighted by Crippen LogP contribution is -2.12. The highest BCUT2D eigenvalue weighted by atomic mass is 16.5. The molecular weight excluding hydrogens is 256 g/mol. The van der Waals surface area contributed by atoms with Gasteiger partial charge in [-0.2, -0.15) is 0 Å². The molecule has 0 fully saturated rings. The molecule has 0 amide bonds. The molecule has 0 saturated carbocycles. The zero-order valence-corrected chi connectivity index (χ0v) is 11.7. The highest BCUT2D eigenvalue weighted by Crippen LogP contribution is 2.15. The molecule has 2 aromatic rings. The van der Waals surface area contributed by atoms with Crippen LogP contribution in [0.1, 0.15) is 35.7 Å². The minimum Gasteiger partial charge on any atom is -0.486 e. The number of carboxylic acid groups (broad SMARTS) is 1. The topological polar surface area (TPSA) is 64.3 Å². The maximum atomic E-state index is 11.0. The number of nitrogens with zero attached hydrogens (tertiary/aromatic N) is 2. The molecule has 0 aliphatic rings. The van der Waals surface area contributed by atoms with E-state index >= 15 is 0 Å². The number of rotatable bonds is 6. The lowest BCUT2D eigenvalue weighted by atomic mass is 10.2. The zero-order valence-electron chi connectivity index (χ0n) is 11.7. The van der Waals surface area contributed by atoms with Gasteiger partial charge >= 0.3 is 5.97 Å². The Balaban J connectivity index is 2.08. The van der Waals surface area contributed by atoms with Crippen LogP contribution in [0.4, 0.5) is 0 Å². The second-order valence-corrected chi connectivity index (χ2v) is 4.40. The summed E-state index contributed by atoms with van der Waals surface area (Å²) in [5.74, 6) is 0.395. The monoisotopic (exact) mass is 274 g/mol. The van der Waals surface area contributed by atoms with Crippen LogP contribution in [0.3, 0.4) is 0 Å². The summed E-state index contributed by atoms with van der Waals surface area (Å²) in [6.07, 6.45) is 2.35. The van der Waals surface area contributed by atoms with Gasteiger partial charge in [-0.15, -0.1) is 0 Å². The fourth-order valence-corrected chi connectivity index (χ4v) is 2.02. The second-order valence-electron chi connectivity index (χ2n) is 4.40. The van der Waals surface area contributed by atoms with E-state index in [0.717, 1.165) is 12.2 Å². The van der Waals surface area contributed by atoms with Crippen LogP contribution < -0.4 is 4.74 Å². The molecule has 20 heavy (non-hydrogen) atoms. The van der Waals surface area contributed by atoms with E-state index in [1.165, 1.54) is 11.8 Å². The number of ether oxygens (including phenoxy) is 1. The van der Waals surface area contributed by atoms with Crippen LogP contribution >= 0.6 is 0 Å². The number of hydrogen-bond donors (Lipinski definition) is 1. The van der Waals surface area contributed by atoms with Crippen molar-refractivity contribution in [2.75, 3.05) is 0 Å². The van der Waals surface area contributed by atoms with E-state index in [9.17, 15) is 4.79 Å². The predicted molar refractivity (Wildman–Crippen MR) is 75.0 cm³/mol. The first-order chi connectivity index (χ1) is 9.65. The predicted octanol–water partition coefficient (Wildman–Crippen LogP) is 2.74. The van der Waals surface area contributed by atoms with E-state index in [0.29, 0.717) is 12.4 Å². The molecule has 0 bridgehead atoms. The smallest absolute Gasteiger partial charge is 0.354 e. The molecular formula is C15H18N2O3. The van der Waals surface area contributed by atoms with Crippen LogP contribution in [-0.4, -0.2) is 20.6 Å². The number of hydrogen-bond acceptors (Lipinski definition) is 3. The van der Waals surface area contributed by atoms with Gasteiger partial charge in [0.25, 0.3) is 0 Å². The summed E-state index contributed by atoms with van der Waals surface area (Å²) >= 11 is 0. The average molecular weight is 274 g/mol. The van der Waals surface area contributed by atoms with Crippen molar-refractivity contribution in [2.45, 2.75) is 33.4 Å². The van der Waals surface area contributed by atoms with Crippen LogP contribution in [0.15, 0.2) is 30.5 Å². The van der Waals surface area contributed by atoms with Crippen LogP contribution in [0.25, 0.3) is 0 Å². The number of benzene rings is 1. The van der Waals surface area contributed by atoms with Gasteiger partial charge in [-0.1, -0.05) is 19.1 Å². The third kappa shape index (κ3) is 2.99. The first-order valence-electron chi connectivity index (χ1n) is 6.65. The fraction of sp³-hybridized carbons (Fsp3) is 0.333. The standard InChI is InChI=1S/C15H18N2O3/c1-3-11-5-7-12(8-6-11)20-10-14-16-9-13(15(18)19)17(14)4-2/h5-9H,3-4,10H2,1-2H3,(H,18,19). The Kier molecular flexibility index (Phi) is 4.40. The Bertz CT molecular complexity index is 588. The number of carbonyl (C=O) groups is 1. The van der Waals surface area contributed by atoms with Crippen molar-refractivity contribution < 1.29 is 14.6 Å². The number of aromatic carboxylic acids is 1. The molecule has 0 atom stereocenters. The van der Waals surface area contributed by atoms with Crippen molar-refractivity contribution >= 4 is 5.97 Å². The summed E-state index contributed by atoms with van der Waals surface area (Å²) in [6, 6.07) is 7.86. The van der Waals surface area contributed by atoms with Gasteiger partial charge in [0.1, 0.15) is 23.9 Å². The Morgan fingerprint density at radius 1 is 1.30 bits per heavy atom. The van der Waals surface area contributed by atoms with Gasteiger partial charge in [0, 0.05) is 6.54 Å². The SMILES string of the molecule is CCc1ccc(OCc2ncc(C(=O)O)n2CC)cc1. The van der Waals surface area contributed by atoms with Crippen molar-refractivity contribution in [3.8, 4) is 5.75 Å². The van der Waals surface area contributed by atoms with Gasteiger partial charge in [0.2, 0.25) is 0 Å². The molecule has 1 aromatic carbocycles. The van der Waals surface area contributed by atoms with Gasteiger partial charge in [0.05, 0.1) is 6.20 Å². The number of imidazole rings is 1. The third-order valence-electron chi connectivity index (χ3n) is 3.17. The second kappa shape index (κ2) is 6.23. The highest BCUT2D eigenvalue weighted by Gasteiger charge is 2.14. The molecule has 2 rings (SSSR count). The van der Waals surface area contributed by atoms with Crippen LogP contribution in [0.2, 0.25) is 0 Å². The van der Waals surface area contributed by atoms with E-state index in [1.54, 1.807) is 4.57 Å². The van der Waals surface area contributed by atoms with Crippen molar-refractivity contribution in [3.05, 3.63) is 47.5 Å². The molecule has 106 valence electrons. The van der Waals surface area contributed by atoms with Crippen molar-refractivity contribution in [3.63, 3.8) is 0 Å². The molecule has 0 spiro atoms. The highest BCUT2D eigenvalue weighted by molar-refractivity contribution is 5.85. The number of aromatic nitrogens is 2. The van der Waals surface area contributed by atoms with Gasteiger partial charge in [0.15, 0.2) is 0 Å². The average Bonchev–Trinajstić information content (AvgIpc) is 2.88. The maximum Gasteiger partial charge on any atom is 0.354 e. The van der Waals surface area contributed by atoms with Gasteiger partial charge in [-0.3, -0.25) is 0 Å². The zero-order chi connectivity index (χ0) is 14.5. The molecule has 5 heteroatoms.